The van der Waals surface area contributed by atoms with Crippen LogP contribution >= 0.6 is 24.0 Å². The quantitative estimate of drug-likeness (QED) is 0.411. The third-order valence-corrected chi connectivity index (χ3v) is 6.63. The maximum atomic E-state index is 5.29. The number of nitrogens with zero attached hydrogens (tertiary/aromatic N) is 2. The van der Waals surface area contributed by atoms with E-state index in [2.05, 4.69) is 39.5 Å². The minimum absolute atomic E-state index is 0. The van der Waals surface area contributed by atoms with E-state index in [9.17, 15) is 0 Å². The molecule has 1 aliphatic heterocycles. The maximum absolute atomic E-state index is 5.29. The number of aliphatic imine (C=N–C) groups is 1. The van der Waals surface area contributed by atoms with Gasteiger partial charge in [0, 0.05) is 32.1 Å². The fraction of sp³-hybridized carbons (Fsp3) is 0.667. The van der Waals surface area contributed by atoms with Gasteiger partial charge in [-0.15, -0.1) is 24.0 Å². The van der Waals surface area contributed by atoms with E-state index in [1.807, 2.05) is 7.05 Å². The van der Waals surface area contributed by atoms with Crippen molar-refractivity contribution in [2.24, 2.45) is 16.8 Å². The summed E-state index contributed by atoms with van der Waals surface area (Å²) in [5.74, 6) is 3.82. The Balaban J connectivity index is 0.00000196. The summed E-state index contributed by atoms with van der Waals surface area (Å²) in [6.07, 6.45) is 8.17. The molecule has 2 unspecified atom stereocenters. The second-order valence-corrected chi connectivity index (χ2v) is 8.12. The van der Waals surface area contributed by atoms with Gasteiger partial charge in [-0.25, -0.2) is 0 Å². The van der Waals surface area contributed by atoms with Crippen LogP contribution in [0.1, 0.15) is 44.1 Å². The number of guanidine groups is 1. The van der Waals surface area contributed by atoms with Crippen LogP contribution in [0.4, 0.5) is 0 Å². The smallest absolute Gasteiger partial charge is 0.193 e. The number of ether oxygens (including phenoxy) is 1. The molecule has 5 heteroatoms. The molecule has 4 nitrogen and oxygen atoms in total. The predicted octanol–water partition coefficient (Wildman–Crippen LogP) is 4.04. The van der Waals surface area contributed by atoms with Gasteiger partial charge in [-0.05, 0) is 55.2 Å². The highest BCUT2D eigenvalue weighted by Crippen LogP contribution is 2.48. The van der Waals surface area contributed by atoms with Crippen molar-refractivity contribution in [3.63, 3.8) is 0 Å². The number of hydrogen-bond acceptors (Lipinski definition) is 2. The molecule has 2 saturated carbocycles. The standard InChI is InChI=1S/C21H31N3O.HI/c1-22-20(24-13-16-5-3-4-6-17(16)14-24)23-15-21(11-12-21)18-7-9-19(25-2)10-8-18;/h7-10,16-17H,3-6,11-15H2,1-2H3,(H,22,23);1H. The highest BCUT2D eigenvalue weighted by molar-refractivity contribution is 14.0. The van der Waals surface area contributed by atoms with Crippen molar-refractivity contribution in [1.82, 2.24) is 10.2 Å². The van der Waals surface area contributed by atoms with Crippen molar-refractivity contribution in [2.75, 3.05) is 33.8 Å². The van der Waals surface area contributed by atoms with Gasteiger partial charge in [0.15, 0.2) is 5.96 Å². The van der Waals surface area contributed by atoms with Gasteiger partial charge in [0.1, 0.15) is 5.75 Å². The molecule has 1 N–H and O–H groups in total. The summed E-state index contributed by atoms with van der Waals surface area (Å²) in [5.41, 5.74) is 1.71. The monoisotopic (exact) mass is 469 g/mol. The van der Waals surface area contributed by atoms with E-state index in [4.69, 9.17) is 4.74 Å². The Bertz CT molecular complexity index is 613. The van der Waals surface area contributed by atoms with Gasteiger partial charge >= 0.3 is 0 Å². The fourth-order valence-electron chi connectivity index (χ4n) is 4.82. The van der Waals surface area contributed by atoms with E-state index in [1.54, 1.807) is 7.11 Å². The van der Waals surface area contributed by atoms with Gasteiger partial charge in [0.2, 0.25) is 0 Å². The molecule has 2 aliphatic carbocycles. The molecule has 0 amide bonds. The molecule has 4 rings (SSSR count). The van der Waals surface area contributed by atoms with E-state index in [-0.39, 0.29) is 29.4 Å². The summed E-state index contributed by atoms with van der Waals surface area (Å²) in [6.45, 7) is 3.37. The lowest BCUT2D eigenvalue weighted by Crippen LogP contribution is -2.43. The molecule has 1 aromatic rings. The number of halogens is 1. The number of rotatable bonds is 4. The lowest BCUT2D eigenvalue weighted by atomic mass is 9.82. The average Bonchev–Trinajstić information content (AvgIpc) is 3.33. The van der Waals surface area contributed by atoms with Gasteiger partial charge in [0.05, 0.1) is 7.11 Å². The van der Waals surface area contributed by atoms with Crippen LogP contribution in [-0.4, -0.2) is 44.7 Å². The molecule has 3 fully saturated rings. The molecule has 1 heterocycles. The Morgan fingerprint density at radius 3 is 2.27 bits per heavy atom. The highest BCUT2D eigenvalue weighted by Gasteiger charge is 2.44. The maximum Gasteiger partial charge on any atom is 0.193 e. The third kappa shape index (κ3) is 3.97. The molecule has 2 atom stereocenters. The highest BCUT2D eigenvalue weighted by atomic mass is 127. The summed E-state index contributed by atoms with van der Waals surface area (Å²) in [7, 11) is 3.65. The Kier molecular flexibility index (Phi) is 6.36. The molecule has 3 aliphatic rings. The van der Waals surface area contributed by atoms with E-state index in [1.165, 1.54) is 57.2 Å². The van der Waals surface area contributed by atoms with E-state index >= 15 is 0 Å². The Labute approximate surface area is 174 Å². The first-order valence-electron chi connectivity index (χ1n) is 9.84. The fourth-order valence-corrected chi connectivity index (χ4v) is 4.82. The molecule has 144 valence electrons. The largest absolute Gasteiger partial charge is 0.497 e. The van der Waals surface area contributed by atoms with E-state index in [0.717, 1.165) is 30.1 Å². The normalized spacial score (nSPS) is 26.7. The summed E-state index contributed by atoms with van der Waals surface area (Å²) >= 11 is 0. The Morgan fingerprint density at radius 2 is 1.77 bits per heavy atom. The van der Waals surface area contributed by atoms with Crippen molar-refractivity contribution < 1.29 is 4.74 Å². The van der Waals surface area contributed by atoms with Gasteiger partial charge in [-0.1, -0.05) is 25.0 Å². The van der Waals surface area contributed by atoms with Crippen LogP contribution in [-0.2, 0) is 5.41 Å². The van der Waals surface area contributed by atoms with Crippen molar-refractivity contribution in [3.8, 4) is 5.75 Å². The molecule has 0 bridgehead atoms. The zero-order valence-electron chi connectivity index (χ0n) is 16.0. The van der Waals surface area contributed by atoms with E-state index < -0.39 is 0 Å². The van der Waals surface area contributed by atoms with Crippen LogP contribution in [0, 0.1) is 11.8 Å². The second kappa shape index (κ2) is 8.36. The number of fused-ring (bicyclic) bond motifs is 1. The third-order valence-electron chi connectivity index (χ3n) is 6.63. The molecular weight excluding hydrogens is 437 g/mol. The number of nitrogens with one attached hydrogen (secondary N) is 1. The molecule has 0 radical (unpaired) electrons. The summed E-state index contributed by atoms with van der Waals surface area (Å²) in [4.78, 5) is 7.10. The molecule has 1 saturated heterocycles. The Morgan fingerprint density at radius 1 is 1.15 bits per heavy atom. The van der Waals surface area contributed by atoms with Crippen LogP contribution in [0.5, 0.6) is 5.75 Å². The average molecular weight is 469 g/mol. The first-order chi connectivity index (χ1) is 12.2. The van der Waals surface area contributed by atoms with Gasteiger partial charge in [-0.2, -0.15) is 0 Å². The number of hydrogen-bond donors (Lipinski definition) is 1. The summed E-state index contributed by atoms with van der Waals surface area (Å²) < 4.78 is 5.29. The summed E-state index contributed by atoms with van der Waals surface area (Å²) in [6, 6.07) is 8.60. The van der Waals surface area contributed by atoms with Crippen molar-refractivity contribution in [3.05, 3.63) is 29.8 Å². The van der Waals surface area contributed by atoms with Crippen molar-refractivity contribution >= 4 is 29.9 Å². The van der Waals surface area contributed by atoms with Crippen molar-refractivity contribution in [2.45, 2.75) is 43.9 Å². The first kappa shape index (κ1) is 19.8. The van der Waals surface area contributed by atoms with Crippen LogP contribution < -0.4 is 10.1 Å². The van der Waals surface area contributed by atoms with Gasteiger partial charge in [0.25, 0.3) is 0 Å². The number of benzene rings is 1. The SMILES string of the molecule is CN=C(NCC1(c2ccc(OC)cc2)CC1)N1CC2CCCCC2C1.I. The lowest BCUT2D eigenvalue weighted by Gasteiger charge is -2.25. The molecule has 1 aromatic carbocycles. The minimum Gasteiger partial charge on any atom is -0.497 e. The van der Waals surface area contributed by atoms with Crippen LogP contribution in [0.2, 0.25) is 0 Å². The summed E-state index contributed by atoms with van der Waals surface area (Å²) in [5, 5.41) is 3.70. The van der Waals surface area contributed by atoms with Crippen LogP contribution in [0.25, 0.3) is 0 Å². The molecule has 26 heavy (non-hydrogen) atoms. The molecule has 0 spiro atoms. The lowest BCUT2D eigenvalue weighted by molar-refractivity contribution is 0.299. The van der Waals surface area contributed by atoms with Gasteiger partial charge < -0.3 is 15.0 Å². The minimum atomic E-state index is 0. The topological polar surface area (TPSA) is 36.9 Å². The Hall–Kier alpha value is -0.980. The number of methoxy groups -OCH3 is 1. The zero-order chi connectivity index (χ0) is 17.3. The number of likely N-dealkylation sites (tertiary alicyclic amines) is 1. The second-order valence-electron chi connectivity index (χ2n) is 8.12. The molecule has 0 aromatic heterocycles. The van der Waals surface area contributed by atoms with Crippen molar-refractivity contribution in [1.29, 1.82) is 0 Å². The molecular formula is C21H32IN3O. The van der Waals surface area contributed by atoms with Crippen LogP contribution in [0.15, 0.2) is 29.3 Å². The van der Waals surface area contributed by atoms with E-state index in [0.29, 0.717) is 0 Å². The van der Waals surface area contributed by atoms with Gasteiger partial charge in [-0.3, -0.25) is 4.99 Å². The van der Waals surface area contributed by atoms with Crippen LogP contribution in [0.3, 0.4) is 0 Å². The predicted molar refractivity (Wildman–Crippen MR) is 118 cm³/mol. The zero-order valence-corrected chi connectivity index (χ0v) is 18.4. The first-order valence-corrected chi connectivity index (χ1v) is 9.84.